The quantitative estimate of drug-likeness (QED) is 0.360. The second-order valence-corrected chi connectivity index (χ2v) is 4.70. The van der Waals surface area contributed by atoms with E-state index in [1.165, 1.54) is 0 Å². The Balaban J connectivity index is 2.57. The van der Waals surface area contributed by atoms with Crippen molar-refractivity contribution in [1.29, 1.82) is 0 Å². The summed E-state index contributed by atoms with van der Waals surface area (Å²) in [5.41, 5.74) is 0. The standard InChI is InChI=1S/C13H16F5NO/c1-7(2)6-19-4-3-5-20-13-11(17)9(15)8(14)10(16)12(13)18/h7,19H,3-6H2,1-2H3. The first-order chi connectivity index (χ1) is 9.36. The minimum atomic E-state index is -2.19. The lowest BCUT2D eigenvalue weighted by molar-refractivity contribution is 0.257. The van der Waals surface area contributed by atoms with Crippen LogP contribution in [0.4, 0.5) is 22.0 Å². The van der Waals surface area contributed by atoms with Crippen LogP contribution in [-0.2, 0) is 0 Å². The summed E-state index contributed by atoms with van der Waals surface area (Å²) in [6.45, 7) is 5.16. The molecule has 0 bridgehead atoms. The lowest BCUT2D eigenvalue weighted by Crippen LogP contribution is -2.22. The number of nitrogens with one attached hydrogen (secondary N) is 1. The maximum absolute atomic E-state index is 13.2. The summed E-state index contributed by atoms with van der Waals surface area (Å²) in [5, 5.41) is 3.06. The van der Waals surface area contributed by atoms with Crippen molar-refractivity contribution in [2.75, 3.05) is 19.7 Å². The van der Waals surface area contributed by atoms with E-state index in [9.17, 15) is 22.0 Å². The van der Waals surface area contributed by atoms with Crippen LogP contribution in [0.25, 0.3) is 0 Å². The molecule has 1 aromatic rings. The Morgan fingerprint density at radius 1 is 0.900 bits per heavy atom. The number of rotatable bonds is 7. The van der Waals surface area contributed by atoms with Gasteiger partial charge in [0.2, 0.25) is 29.1 Å². The molecule has 1 N–H and O–H groups in total. The number of halogens is 5. The highest BCUT2D eigenvalue weighted by Gasteiger charge is 2.26. The predicted octanol–water partition coefficient (Wildman–Crippen LogP) is 3.40. The van der Waals surface area contributed by atoms with Crippen LogP contribution in [0, 0.1) is 35.0 Å². The fourth-order valence-corrected chi connectivity index (χ4v) is 1.47. The summed E-state index contributed by atoms with van der Waals surface area (Å²) in [7, 11) is 0. The van der Waals surface area contributed by atoms with Gasteiger partial charge in [-0.3, -0.25) is 0 Å². The zero-order chi connectivity index (χ0) is 15.3. The Kier molecular flexibility index (Phi) is 6.19. The van der Waals surface area contributed by atoms with E-state index in [2.05, 4.69) is 10.1 Å². The van der Waals surface area contributed by atoms with Gasteiger partial charge in [0.1, 0.15) is 0 Å². The normalized spacial score (nSPS) is 11.2. The molecule has 2 nitrogen and oxygen atoms in total. The van der Waals surface area contributed by atoms with Crippen molar-refractivity contribution >= 4 is 0 Å². The summed E-state index contributed by atoms with van der Waals surface area (Å²) in [6.07, 6.45) is 0.381. The molecule has 1 aromatic carbocycles. The maximum atomic E-state index is 13.2. The fourth-order valence-electron chi connectivity index (χ4n) is 1.47. The molecule has 0 heterocycles. The van der Waals surface area contributed by atoms with Crippen molar-refractivity contribution < 1.29 is 26.7 Å². The lowest BCUT2D eigenvalue weighted by Gasteiger charge is -2.11. The minimum absolute atomic E-state index is 0.149. The molecule has 0 aliphatic rings. The molecule has 7 heteroatoms. The number of hydrogen-bond acceptors (Lipinski definition) is 2. The molecule has 114 valence electrons. The Labute approximate surface area is 113 Å². The van der Waals surface area contributed by atoms with Gasteiger partial charge in [-0.05, 0) is 25.4 Å². The van der Waals surface area contributed by atoms with Crippen LogP contribution < -0.4 is 10.1 Å². The van der Waals surface area contributed by atoms with Crippen molar-refractivity contribution in [3.63, 3.8) is 0 Å². The van der Waals surface area contributed by atoms with Gasteiger partial charge in [-0.2, -0.15) is 8.78 Å². The van der Waals surface area contributed by atoms with Crippen LogP contribution in [0.5, 0.6) is 5.75 Å². The average Bonchev–Trinajstić information content (AvgIpc) is 2.41. The lowest BCUT2D eigenvalue weighted by atomic mass is 10.2. The van der Waals surface area contributed by atoms with Gasteiger partial charge in [0.25, 0.3) is 0 Å². The fraction of sp³-hybridized carbons (Fsp3) is 0.538. The third kappa shape index (κ3) is 4.06. The molecule has 0 amide bonds. The Morgan fingerprint density at radius 2 is 1.40 bits per heavy atom. The van der Waals surface area contributed by atoms with E-state index in [0.717, 1.165) is 6.54 Å². The summed E-state index contributed by atoms with van der Waals surface area (Å²) < 4.78 is 69.6. The first kappa shape index (κ1) is 16.7. The number of benzene rings is 1. The molecule has 1 rings (SSSR count). The molecular formula is C13H16F5NO. The number of ether oxygens (including phenoxy) is 1. The zero-order valence-corrected chi connectivity index (χ0v) is 11.2. The monoisotopic (exact) mass is 297 g/mol. The van der Waals surface area contributed by atoms with Crippen LogP contribution in [0.3, 0.4) is 0 Å². The summed E-state index contributed by atoms with van der Waals surface area (Å²) in [4.78, 5) is 0. The van der Waals surface area contributed by atoms with Crippen LogP contribution in [0.1, 0.15) is 20.3 Å². The van der Waals surface area contributed by atoms with Gasteiger partial charge in [0.15, 0.2) is 5.75 Å². The van der Waals surface area contributed by atoms with E-state index >= 15 is 0 Å². The van der Waals surface area contributed by atoms with Crippen LogP contribution in [-0.4, -0.2) is 19.7 Å². The van der Waals surface area contributed by atoms with Gasteiger partial charge in [-0.25, -0.2) is 13.2 Å². The van der Waals surface area contributed by atoms with E-state index in [-0.39, 0.29) is 6.61 Å². The molecule has 0 fully saturated rings. The minimum Gasteiger partial charge on any atom is -0.487 e. The Bertz CT molecular complexity index is 436. The molecular weight excluding hydrogens is 281 g/mol. The van der Waals surface area contributed by atoms with Crippen LogP contribution >= 0.6 is 0 Å². The summed E-state index contributed by atoms with van der Waals surface area (Å²) in [6, 6.07) is 0. The highest BCUT2D eigenvalue weighted by molar-refractivity contribution is 5.29. The molecule has 0 radical (unpaired) electrons. The molecule has 0 spiro atoms. The van der Waals surface area contributed by atoms with Gasteiger partial charge in [-0.1, -0.05) is 13.8 Å². The molecule has 0 atom stereocenters. The second-order valence-electron chi connectivity index (χ2n) is 4.70. The van der Waals surface area contributed by atoms with Crippen molar-refractivity contribution in [2.45, 2.75) is 20.3 Å². The third-order valence-electron chi connectivity index (χ3n) is 2.47. The zero-order valence-electron chi connectivity index (χ0n) is 11.2. The van der Waals surface area contributed by atoms with Gasteiger partial charge in [0.05, 0.1) is 6.61 Å². The van der Waals surface area contributed by atoms with Crippen molar-refractivity contribution in [3.8, 4) is 5.75 Å². The van der Waals surface area contributed by atoms with Gasteiger partial charge in [0, 0.05) is 0 Å². The second kappa shape index (κ2) is 7.42. The van der Waals surface area contributed by atoms with Crippen molar-refractivity contribution in [3.05, 3.63) is 29.1 Å². The first-order valence-electron chi connectivity index (χ1n) is 6.21. The Morgan fingerprint density at radius 3 is 1.90 bits per heavy atom. The van der Waals surface area contributed by atoms with E-state index in [1.807, 2.05) is 13.8 Å². The van der Waals surface area contributed by atoms with E-state index in [1.54, 1.807) is 0 Å². The number of hydrogen-bond donors (Lipinski definition) is 1. The van der Waals surface area contributed by atoms with Gasteiger partial charge >= 0.3 is 0 Å². The molecule has 0 aliphatic heterocycles. The van der Waals surface area contributed by atoms with Crippen LogP contribution in [0.15, 0.2) is 0 Å². The molecule has 0 aliphatic carbocycles. The molecule has 0 unspecified atom stereocenters. The van der Waals surface area contributed by atoms with E-state index in [4.69, 9.17) is 0 Å². The average molecular weight is 297 g/mol. The summed E-state index contributed by atoms with van der Waals surface area (Å²) >= 11 is 0. The first-order valence-corrected chi connectivity index (χ1v) is 6.21. The van der Waals surface area contributed by atoms with Crippen LogP contribution in [0.2, 0.25) is 0 Å². The highest BCUT2D eigenvalue weighted by Crippen LogP contribution is 2.29. The topological polar surface area (TPSA) is 21.3 Å². The molecule has 20 heavy (non-hydrogen) atoms. The summed E-state index contributed by atoms with van der Waals surface area (Å²) in [5.74, 6) is -10.9. The third-order valence-corrected chi connectivity index (χ3v) is 2.47. The molecule has 0 aromatic heterocycles. The Hall–Kier alpha value is -1.37. The smallest absolute Gasteiger partial charge is 0.206 e. The molecule has 0 saturated carbocycles. The molecule has 0 saturated heterocycles. The highest BCUT2D eigenvalue weighted by atomic mass is 19.2. The van der Waals surface area contributed by atoms with E-state index in [0.29, 0.717) is 18.9 Å². The van der Waals surface area contributed by atoms with Gasteiger partial charge in [-0.15, -0.1) is 0 Å². The largest absolute Gasteiger partial charge is 0.487 e. The van der Waals surface area contributed by atoms with E-state index < -0.39 is 34.8 Å². The maximum Gasteiger partial charge on any atom is 0.206 e. The van der Waals surface area contributed by atoms with Gasteiger partial charge < -0.3 is 10.1 Å². The van der Waals surface area contributed by atoms with Crippen molar-refractivity contribution in [2.24, 2.45) is 5.92 Å². The van der Waals surface area contributed by atoms with Crippen molar-refractivity contribution in [1.82, 2.24) is 5.32 Å². The predicted molar refractivity (Wildman–Crippen MR) is 64.1 cm³/mol. The SMILES string of the molecule is CC(C)CNCCCOc1c(F)c(F)c(F)c(F)c1F.